The Kier molecular flexibility index (Phi) is 15.0. The van der Waals surface area contributed by atoms with Crippen LogP contribution < -0.4 is 0 Å². The van der Waals surface area contributed by atoms with Gasteiger partial charge in [0, 0.05) is 74.3 Å². The van der Waals surface area contributed by atoms with E-state index in [0.717, 1.165) is 0 Å². The van der Waals surface area contributed by atoms with Crippen molar-refractivity contribution >= 4 is 17.3 Å². The molecule has 0 heterocycles. The quantitative estimate of drug-likeness (QED) is 0.139. The normalized spacial score (nSPS) is 32.8. The number of aliphatic hydroxyl groups excluding tert-OH is 3. The number of fused-ring (bicyclic) bond motifs is 6. The van der Waals surface area contributed by atoms with E-state index in [9.17, 15) is 122 Å². The second-order valence-electron chi connectivity index (χ2n) is 20.6. The Bertz CT molecular complexity index is 2020. The molecule has 0 aromatic heterocycles. The maximum atomic E-state index is 13.7. The predicted molar refractivity (Wildman–Crippen MR) is 196 cm³/mol. The predicted octanol–water partition coefficient (Wildman–Crippen LogP) is 14.0. The summed E-state index contributed by atoms with van der Waals surface area (Å²) in [6.07, 6.45) is -18.3. The molecule has 1 radical (unpaired) electrons. The second kappa shape index (κ2) is 17.0. The van der Waals surface area contributed by atoms with Gasteiger partial charge in [-0.15, -0.1) is 0 Å². The molecule has 6 bridgehead atoms. The van der Waals surface area contributed by atoms with Crippen LogP contribution in [0.1, 0.15) is 101 Å². The number of halogens is 21. The molecule has 28 heteroatoms. The zero-order valence-electron chi connectivity index (χ0n) is 38.1. The number of hydrogen-bond acceptors (Lipinski definition) is 6. The van der Waals surface area contributed by atoms with Crippen molar-refractivity contribution in [2.24, 2.45) is 50.2 Å². The van der Waals surface area contributed by atoms with Crippen LogP contribution in [0.15, 0.2) is 34.0 Å². The first kappa shape index (κ1) is 61.8. The van der Waals surface area contributed by atoms with E-state index in [-0.39, 0.29) is 60.6 Å². The van der Waals surface area contributed by atoms with Crippen LogP contribution in [-0.4, -0.2) is 86.7 Å². The van der Waals surface area contributed by atoms with Gasteiger partial charge >= 0.3 is 54.1 Å². The molecule has 0 spiro atoms. The summed E-state index contributed by atoms with van der Waals surface area (Å²) in [6, 6.07) is 0. The summed E-state index contributed by atoms with van der Waals surface area (Å²) in [6.45, 7) is 13.6. The number of hydrogen-bond donors (Lipinski definition) is 3. The Hall–Kier alpha value is -2.48. The largest absolute Gasteiger partial charge is 0.506 e. The number of ketones is 3. The minimum atomic E-state index is -6.56. The van der Waals surface area contributed by atoms with Crippen LogP contribution in [0.5, 0.6) is 0 Å². The van der Waals surface area contributed by atoms with Gasteiger partial charge in [-0.2, -0.15) is 92.2 Å². The van der Waals surface area contributed by atoms with Crippen molar-refractivity contribution in [1.29, 1.82) is 0 Å². The summed E-state index contributed by atoms with van der Waals surface area (Å²) in [5, 5.41) is 28.6. The number of alkyl halides is 21. The average molecular weight is 1190 g/mol. The van der Waals surface area contributed by atoms with Crippen molar-refractivity contribution in [3.05, 3.63) is 34.0 Å². The molecular weight excluding hydrogens is 1140 g/mol. The molecule has 0 aromatic rings. The minimum Gasteiger partial charge on any atom is -0.506 e. The van der Waals surface area contributed by atoms with Crippen LogP contribution in [0.25, 0.3) is 0 Å². The summed E-state index contributed by atoms with van der Waals surface area (Å²) in [5.74, 6) is -50.5. The van der Waals surface area contributed by atoms with Crippen molar-refractivity contribution in [2.45, 2.75) is 155 Å². The van der Waals surface area contributed by atoms with Gasteiger partial charge in [0.2, 0.25) is 0 Å². The van der Waals surface area contributed by atoms with Gasteiger partial charge in [0.05, 0.1) is 0 Å². The molecule has 6 nitrogen and oxygen atoms in total. The van der Waals surface area contributed by atoms with Crippen LogP contribution in [0.4, 0.5) is 92.2 Å². The molecule has 6 saturated carbocycles. The molecule has 70 heavy (non-hydrogen) atoms. The molecule has 6 aliphatic rings. The Labute approximate surface area is 417 Å². The molecule has 6 atom stereocenters. The fourth-order valence-electron chi connectivity index (χ4n) is 10.9. The first-order chi connectivity index (χ1) is 30.1. The van der Waals surface area contributed by atoms with E-state index < -0.39 is 156 Å². The third kappa shape index (κ3) is 7.84. The van der Waals surface area contributed by atoms with Gasteiger partial charge in [-0.25, -0.2) is 0 Å². The van der Waals surface area contributed by atoms with Gasteiger partial charge in [-0.05, 0) is 72.5 Å². The average Bonchev–Trinajstić information content (AvgIpc) is 3.79. The molecule has 399 valence electrons. The number of rotatable bonds is 6. The van der Waals surface area contributed by atoms with Crippen LogP contribution >= 0.6 is 0 Å². The van der Waals surface area contributed by atoms with E-state index in [1.165, 1.54) is 20.8 Å². The molecule has 6 rings (SSSR count). The number of allylic oxidation sites excluding steroid dienone is 6. The minimum absolute atomic E-state index is 0. The van der Waals surface area contributed by atoms with Crippen molar-refractivity contribution in [1.82, 2.24) is 0 Å². The van der Waals surface area contributed by atoms with Gasteiger partial charge in [0.1, 0.15) is 0 Å². The maximum absolute atomic E-state index is 13.7. The summed E-state index contributed by atoms with van der Waals surface area (Å²) in [7, 11) is 0. The Balaban J connectivity index is 0.000000276. The molecule has 3 N–H and O–H groups in total. The van der Waals surface area contributed by atoms with Gasteiger partial charge in [0.25, 0.3) is 0 Å². The van der Waals surface area contributed by atoms with Crippen LogP contribution in [0.2, 0.25) is 0 Å². The van der Waals surface area contributed by atoms with Crippen molar-refractivity contribution in [3.63, 3.8) is 0 Å². The van der Waals surface area contributed by atoms with Gasteiger partial charge in [0.15, 0.2) is 34.6 Å². The van der Waals surface area contributed by atoms with E-state index in [4.69, 9.17) is 0 Å². The van der Waals surface area contributed by atoms with E-state index in [1.807, 2.05) is 0 Å². The van der Waals surface area contributed by atoms with Crippen LogP contribution in [0.3, 0.4) is 0 Å². The maximum Gasteiger partial charge on any atom is 0.460 e. The molecule has 6 unspecified atom stereocenters. The number of carbonyl (C=O) groups is 3. The fraction of sp³-hybridized carbons (Fsp3) is 0.786. The van der Waals surface area contributed by atoms with E-state index >= 15 is 0 Å². The molecule has 0 amide bonds. The van der Waals surface area contributed by atoms with Gasteiger partial charge in [-0.3, -0.25) is 14.4 Å². The fourth-order valence-corrected chi connectivity index (χ4v) is 10.9. The summed E-state index contributed by atoms with van der Waals surface area (Å²) in [5.41, 5.74) is -9.29. The van der Waals surface area contributed by atoms with Crippen LogP contribution in [-0.2, 0) is 14.4 Å². The van der Waals surface area contributed by atoms with E-state index in [1.54, 1.807) is 41.5 Å². The van der Waals surface area contributed by atoms with Crippen molar-refractivity contribution < 1.29 is 163 Å². The Morgan fingerprint density at radius 1 is 0.371 bits per heavy atom. The van der Waals surface area contributed by atoms with E-state index in [2.05, 4.69) is 0 Å². The third-order valence-electron chi connectivity index (χ3n) is 16.9. The first-order valence-electron chi connectivity index (χ1n) is 20.5. The molecule has 6 aliphatic carbocycles. The SMILES string of the molecule is CC12CCC(C(=C(O)C(F)(F)C(F)(F)C(F)(F)F)C1=O)C2(C)C.CC12CCC(C(=C(O)C(F)(F)C(F)(F)C(F)(F)F)C1=O)C2(C)C.CC12CCC(C(=C(O)C(F)(F)C(F)(F)C(F)(F)F)C1=O)C2(C)C.[Pr]. The number of aliphatic hydroxyl groups is 3. The van der Waals surface area contributed by atoms with Crippen molar-refractivity contribution in [2.75, 3.05) is 0 Å². The molecule has 0 saturated heterocycles. The molecule has 0 aromatic carbocycles. The molecular formula is C42H45F21O6Pr. The third-order valence-corrected chi connectivity index (χ3v) is 16.9. The topological polar surface area (TPSA) is 112 Å². The Morgan fingerprint density at radius 2 is 0.529 bits per heavy atom. The van der Waals surface area contributed by atoms with Crippen molar-refractivity contribution in [3.8, 4) is 0 Å². The first-order valence-corrected chi connectivity index (χ1v) is 20.5. The van der Waals surface area contributed by atoms with Gasteiger partial charge < -0.3 is 15.3 Å². The van der Waals surface area contributed by atoms with E-state index in [0.29, 0.717) is 19.3 Å². The smallest absolute Gasteiger partial charge is 0.460 e. The number of carbonyl (C=O) groups excluding carboxylic acids is 3. The monoisotopic (exact) mass is 1190 g/mol. The van der Waals surface area contributed by atoms with Crippen LogP contribution in [0, 0.1) is 91.5 Å². The second-order valence-corrected chi connectivity index (χ2v) is 20.6. The number of Topliss-reactive ketones (excluding diaryl/α,β-unsaturated/α-hetero) is 3. The standard InChI is InChI=1S/3C14H15F7O2.Pr/c3*1-10(2)6-4-5-11(10,3)8(22)7(6)9(23)12(15,16)13(17,18)14(19,20)21;/h3*6,23H,4-5H2,1-3H3;. The summed E-state index contributed by atoms with van der Waals surface area (Å²) in [4.78, 5) is 36.9. The summed E-state index contributed by atoms with van der Waals surface area (Å²) >= 11 is 0. The molecule has 6 fully saturated rings. The molecule has 0 aliphatic heterocycles. The Morgan fingerprint density at radius 3 is 0.643 bits per heavy atom. The van der Waals surface area contributed by atoms with Gasteiger partial charge in [-0.1, -0.05) is 62.3 Å². The summed E-state index contributed by atoms with van der Waals surface area (Å²) < 4.78 is 271. The zero-order valence-corrected chi connectivity index (χ0v) is 41.8. The zero-order chi connectivity index (χ0) is 54.7.